The molecule has 1 atom stereocenters. The summed E-state index contributed by atoms with van der Waals surface area (Å²) in [4.78, 5) is 27.9. The van der Waals surface area contributed by atoms with E-state index < -0.39 is 11.4 Å². The number of hydrogen-bond acceptors (Lipinski definition) is 4. The monoisotopic (exact) mass is 304 g/mol. The van der Waals surface area contributed by atoms with Crippen LogP contribution in [0.25, 0.3) is 0 Å². The summed E-state index contributed by atoms with van der Waals surface area (Å²) in [7, 11) is 1.81. The Bertz CT molecular complexity index is 700. The number of imidazole rings is 1. The van der Waals surface area contributed by atoms with Crippen molar-refractivity contribution in [3.8, 4) is 0 Å². The lowest BCUT2D eigenvalue weighted by Crippen LogP contribution is -2.46. The molecule has 8 nitrogen and oxygen atoms in total. The number of primary amides is 1. The highest BCUT2D eigenvalue weighted by atomic mass is 16.2. The first-order chi connectivity index (χ1) is 10.2. The fourth-order valence-corrected chi connectivity index (χ4v) is 2.17. The van der Waals surface area contributed by atoms with Crippen LogP contribution in [0.1, 0.15) is 43.0 Å². The van der Waals surface area contributed by atoms with Crippen LogP contribution in [-0.4, -0.2) is 31.1 Å². The highest BCUT2D eigenvalue weighted by molar-refractivity contribution is 5.91. The first-order valence-corrected chi connectivity index (χ1v) is 6.86. The minimum absolute atomic E-state index is 0.0502. The largest absolute Gasteiger partial charge is 0.363 e. The van der Waals surface area contributed by atoms with E-state index in [-0.39, 0.29) is 17.8 Å². The van der Waals surface area contributed by atoms with Crippen LogP contribution in [0.15, 0.2) is 24.8 Å². The molecule has 22 heavy (non-hydrogen) atoms. The molecule has 0 spiro atoms. The molecule has 0 saturated carbocycles. The molecule has 3 N–H and O–H groups in total. The van der Waals surface area contributed by atoms with Crippen LogP contribution in [-0.2, 0) is 17.4 Å². The first-order valence-electron chi connectivity index (χ1n) is 6.86. The Kier molecular flexibility index (Phi) is 4.03. The highest BCUT2D eigenvalue weighted by Crippen LogP contribution is 2.20. The van der Waals surface area contributed by atoms with Crippen molar-refractivity contribution in [3.63, 3.8) is 0 Å². The smallest absolute Gasteiger partial charge is 0.284 e. The lowest BCUT2D eigenvalue weighted by molar-refractivity contribution is -0.129. The van der Waals surface area contributed by atoms with Crippen molar-refractivity contribution in [2.75, 3.05) is 0 Å². The molecule has 0 bridgehead atoms. The van der Waals surface area contributed by atoms with E-state index in [1.54, 1.807) is 30.9 Å². The number of nitrogens with zero attached hydrogens (tertiary/aromatic N) is 4. The molecule has 0 aromatic carbocycles. The van der Waals surface area contributed by atoms with Crippen LogP contribution in [0.5, 0.6) is 0 Å². The van der Waals surface area contributed by atoms with Crippen LogP contribution in [0, 0.1) is 0 Å². The van der Waals surface area contributed by atoms with Gasteiger partial charge in [0.1, 0.15) is 5.54 Å². The molecule has 0 fully saturated rings. The van der Waals surface area contributed by atoms with Crippen molar-refractivity contribution < 1.29 is 9.59 Å². The van der Waals surface area contributed by atoms with Gasteiger partial charge in [0.15, 0.2) is 5.82 Å². The predicted octanol–water partition coefficient (Wildman–Crippen LogP) is 0.328. The Hall–Kier alpha value is -2.64. The Morgan fingerprint density at radius 2 is 2.09 bits per heavy atom. The second-order valence-electron chi connectivity index (χ2n) is 5.69. The van der Waals surface area contributed by atoms with Crippen molar-refractivity contribution in [1.29, 1.82) is 0 Å². The maximum absolute atomic E-state index is 12.6. The maximum Gasteiger partial charge on any atom is 0.284 e. The Morgan fingerprint density at radius 1 is 1.41 bits per heavy atom. The molecule has 2 rings (SSSR count). The second kappa shape index (κ2) is 5.63. The summed E-state index contributed by atoms with van der Waals surface area (Å²) in [5, 5.41) is 6.99. The molecule has 2 aromatic rings. The molecule has 8 heteroatoms. The lowest BCUT2D eigenvalue weighted by atomic mass is 10.0. The number of nitrogens with one attached hydrogen (secondary N) is 1. The van der Waals surface area contributed by atoms with Crippen LogP contribution in [0.4, 0.5) is 0 Å². The summed E-state index contributed by atoms with van der Waals surface area (Å²) in [6.45, 7) is 5.27. The maximum atomic E-state index is 12.6. The summed E-state index contributed by atoms with van der Waals surface area (Å²) >= 11 is 0. The van der Waals surface area contributed by atoms with E-state index in [1.165, 1.54) is 10.8 Å². The predicted molar refractivity (Wildman–Crippen MR) is 79.8 cm³/mol. The van der Waals surface area contributed by atoms with Gasteiger partial charge < -0.3 is 15.6 Å². The van der Waals surface area contributed by atoms with Gasteiger partial charge in [0.05, 0.1) is 12.2 Å². The van der Waals surface area contributed by atoms with Gasteiger partial charge in [-0.2, -0.15) is 5.10 Å². The fraction of sp³-hybridized carbons (Fsp3) is 0.429. The summed E-state index contributed by atoms with van der Waals surface area (Å²) in [6, 6.07) is -0.207. The van der Waals surface area contributed by atoms with Gasteiger partial charge in [0.2, 0.25) is 5.91 Å². The Balaban J connectivity index is 2.20. The number of carbonyl (C=O) groups excluding carboxylic acids is 2. The second-order valence-corrected chi connectivity index (χ2v) is 5.69. The molecule has 0 aliphatic heterocycles. The standard InChI is InChI=1S/C14H20N6O2/c1-9(10-7-17-19(4)8-10)18-13(22)14(2,3)20-6-5-16-12(20)11(15)21/h5-9H,1-4H3,(H2,15,21)(H,18,22). The molecule has 0 aliphatic carbocycles. The minimum Gasteiger partial charge on any atom is -0.363 e. The van der Waals surface area contributed by atoms with Crippen LogP contribution < -0.4 is 11.1 Å². The molecule has 0 saturated heterocycles. The van der Waals surface area contributed by atoms with Crippen molar-refractivity contribution in [3.05, 3.63) is 36.2 Å². The average molecular weight is 304 g/mol. The third-order valence-corrected chi connectivity index (χ3v) is 3.59. The van der Waals surface area contributed by atoms with E-state index in [1.807, 2.05) is 20.2 Å². The van der Waals surface area contributed by atoms with E-state index in [0.717, 1.165) is 5.56 Å². The van der Waals surface area contributed by atoms with Gasteiger partial charge in [-0.15, -0.1) is 0 Å². The number of rotatable bonds is 5. The van der Waals surface area contributed by atoms with Gasteiger partial charge in [0, 0.05) is 31.2 Å². The Labute approximate surface area is 128 Å². The lowest BCUT2D eigenvalue weighted by Gasteiger charge is -2.28. The highest BCUT2D eigenvalue weighted by Gasteiger charge is 2.33. The van der Waals surface area contributed by atoms with Gasteiger partial charge in [-0.3, -0.25) is 14.3 Å². The quantitative estimate of drug-likeness (QED) is 0.829. The zero-order valence-corrected chi connectivity index (χ0v) is 13.1. The first kappa shape index (κ1) is 15.7. The molecular weight excluding hydrogens is 284 g/mol. The van der Waals surface area contributed by atoms with E-state index in [0.29, 0.717) is 0 Å². The third-order valence-electron chi connectivity index (χ3n) is 3.59. The zero-order chi connectivity index (χ0) is 16.5. The van der Waals surface area contributed by atoms with Gasteiger partial charge in [-0.1, -0.05) is 0 Å². The number of aryl methyl sites for hydroxylation is 1. The van der Waals surface area contributed by atoms with Crippen LogP contribution >= 0.6 is 0 Å². The van der Waals surface area contributed by atoms with E-state index in [2.05, 4.69) is 15.4 Å². The SMILES string of the molecule is CC(NC(=O)C(C)(C)n1ccnc1C(N)=O)c1cnn(C)c1. The summed E-state index contributed by atoms with van der Waals surface area (Å²) in [5.41, 5.74) is 5.18. The van der Waals surface area contributed by atoms with Crippen LogP contribution in [0.3, 0.4) is 0 Å². The fourth-order valence-electron chi connectivity index (χ4n) is 2.17. The summed E-state index contributed by atoms with van der Waals surface area (Å²) in [6.07, 6.45) is 6.54. The Morgan fingerprint density at radius 3 is 2.64 bits per heavy atom. The van der Waals surface area contributed by atoms with Crippen molar-refractivity contribution in [2.45, 2.75) is 32.4 Å². The number of carbonyl (C=O) groups is 2. The van der Waals surface area contributed by atoms with Gasteiger partial charge in [-0.25, -0.2) is 4.98 Å². The van der Waals surface area contributed by atoms with Crippen molar-refractivity contribution in [1.82, 2.24) is 24.6 Å². The number of hydrogen-bond donors (Lipinski definition) is 2. The van der Waals surface area contributed by atoms with Gasteiger partial charge in [-0.05, 0) is 20.8 Å². The van der Waals surface area contributed by atoms with E-state index in [4.69, 9.17) is 5.73 Å². The van der Waals surface area contributed by atoms with E-state index >= 15 is 0 Å². The number of aromatic nitrogens is 4. The number of amides is 2. The molecule has 2 heterocycles. The minimum atomic E-state index is -1.00. The zero-order valence-electron chi connectivity index (χ0n) is 13.1. The normalized spacial score (nSPS) is 12.9. The van der Waals surface area contributed by atoms with Gasteiger partial charge in [0.25, 0.3) is 5.91 Å². The van der Waals surface area contributed by atoms with Crippen LogP contribution in [0.2, 0.25) is 0 Å². The van der Waals surface area contributed by atoms with E-state index in [9.17, 15) is 9.59 Å². The molecule has 2 aromatic heterocycles. The van der Waals surface area contributed by atoms with Crippen molar-refractivity contribution in [2.24, 2.45) is 12.8 Å². The number of nitrogens with two attached hydrogens (primary N) is 1. The molecule has 1 unspecified atom stereocenters. The molecule has 118 valence electrons. The topological polar surface area (TPSA) is 108 Å². The average Bonchev–Trinajstić information content (AvgIpc) is 3.06. The molecule has 2 amide bonds. The molecule has 0 radical (unpaired) electrons. The molecular formula is C14H20N6O2. The third kappa shape index (κ3) is 2.85. The summed E-state index contributed by atoms with van der Waals surface area (Å²) in [5.74, 6) is -0.871. The molecule has 0 aliphatic rings. The van der Waals surface area contributed by atoms with Crippen molar-refractivity contribution >= 4 is 11.8 Å². The summed E-state index contributed by atoms with van der Waals surface area (Å²) < 4.78 is 3.14. The van der Waals surface area contributed by atoms with Gasteiger partial charge >= 0.3 is 0 Å².